The maximum atomic E-state index is 11.4. The topological polar surface area (TPSA) is 60.4 Å². The van der Waals surface area contributed by atoms with Gasteiger partial charge >= 0.3 is 0 Å². The highest BCUT2D eigenvalue weighted by atomic mass is 32.2. The zero-order valence-electron chi connectivity index (χ0n) is 20.0. The number of carbonyl (C=O) groups excluding carboxylic acids is 3. The van der Waals surface area contributed by atoms with E-state index in [0.717, 1.165) is 49.4 Å². The van der Waals surface area contributed by atoms with Crippen LogP contribution in [0.5, 0.6) is 0 Å². The van der Waals surface area contributed by atoms with Gasteiger partial charge in [0, 0.05) is 6.61 Å². The third-order valence-electron chi connectivity index (χ3n) is 5.26. The van der Waals surface area contributed by atoms with E-state index in [1.54, 1.807) is 56.1 Å². The van der Waals surface area contributed by atoms with Gasteiger partial charge in [-0.1, -0.05) is 0 Å². The van der Waals surface area contributed by atoms with Crippen LogP contribution in [0.15, 0.2) is 0 Å². The second-order valence-corrected chi connectivity index (χ2v) is 12.6. The Labute approximate surface area is 197 Å². The van der Waals surface area contributed by atoms with Crippen LogP contribution in [0.2, 0.25) is 0 Å². The van der Waals surface area contributed by atoms with Crippen LogP contribution in [-0.2, 0) is 19.1 Å². The van der Waals surface area contributed by atoms with Gasteiger partial charge in [0.15, 0.2) is 0 Å². The first kappa shape index (κ1) is 30.0. The van der Waals surface area contributed by atoms with E-state index in [-0.39, 0.29) is 38.7 Å². The number of rotatable bonds is 19. The first-order valence-electron chi connectivity index (χ1n) is 11.0. The summed E-state index contributed by atoms with van der Waals surface area (Å²) in [6.45, 7) is 13.7. The molecule has 0 saturated carbocycles. The Morgan fingerprint density at radius 3 is 1.37 bits per heavy atom. The number of carbonyl (C=O) groups is 3. The average Bonchev–Trinajstić information content (AvgIpc) is 2.67. The summed E-state index contributed by atoms with van der Waals surface area (Å²) in [4.78, 5) is 34.2. The van der Waals surface area contributed by atoms with E-state index >= 15 is 0 Å². The van der Waals surface area contributed by atoms with Gasteiger partial charge in [0.2, 0.25) is 0 Å². The molecule has 3 unspecified atom stereocenters. The summed E-state index contributed by atoms with van der Waals surface area (Å²) in [5.41, 5.74) is -0.184. The fourth-order valence-electron chi connectivity index (χ4n) is 2.67. The van der Waals surface area contributed by atoms with E-state index in [0.29, 0.717) is 6.61 Å². The lowest BCUT2D eigenvalue weighted by molar-refractivity contribution is -0.117. The number of ketones is 3. The lowest BCUT2D eigenvalue weighted by Crippen LogP contribution is -2.30. The molecule has 0 aromatic rings. The van der Waals surface area contributed by atoms with Gasteiger partial charge in [-0.15, -0.1) is 0 Å². The Hall–Kier alpha value is 0.0200. The molecule has 7 heteroatoms. The second-order valence-electron chi connectivity index (χ2n) is 8.23. The fraction of sp³-hybridized carbons (Fsp3) is 0.870. The maximum Gasteiger partial charge on any atom is 0.142 e. The minimum absolute atomic E-state index is 0.0527. The minimum Gasteiger partial charge on any atom is -0.375 e. The first-order chi connectivity index (χ1) is 14.0. The molecule has 3 atom stereocenters. The van der Waals surface area contributed by atoms with Gasteiger partial charge in [0.25, 0.3) is 0 Å². The van der Waals surface area contributed by atoms with E-state index in [9.17, 15) is 14.4 Å². The molecule has 0 saturated heterocycles. The maximum absolute atomic E-state index is 11.4. The number of ether oxygens (including phenoxy) is 1. The monoisotopic (exact) mass is 478 g/mol. The molecule has 0 aliphatic rings. The van der Waals surface area contributed by atoms with E-state index < -0.39 is 0 Å². The summed E-state index contributed by atoms with van der Waals surface area (Å²) in [6.07, 6.45) is 4.91. The second kappa shape index (κ2) is 16.6. The molecule has 0 heterocycles. The minimum atomic E-state index is -0.184. The van der Waals surface area contributed by atoms with Crippen LogP contribution in [-0.4, -0.2) is 62.6 Å². The highest BCUT2D eigenvalue weighted by Gasteiger charge is 2.25. The van der Waals surface area contributed by atoms with Crippen LogP contribution in [0.3, 0.4) is 0 Å². The van der Waals surface area contributed by atoms with Gasteiger partial charge in [-0.05, 0) is 97.8 Å². The third kappa shape index (κ3) is 14.9. The smallest absolute Gasteiger partial charge is 0.142 e. The average molecular weight is 479 g/mol. The quantitative estimate of drug-likeness (QED) is 0.216. The van der Waals surface area contributed by atoms with Crippen LogP contribution >= 0.6 is 35.3 Å². The van der Waals surface area contributed by atoms with Gasteiger partial charge in [0.1, 0.15) is 17.3 Å². The van der Waals surface area contributed by atoms with Gasteiger partial charge in [0.05, 0.1) is 21.4 Å². The van der Waals surface area contributed by atoms with Gasteiger partial charge in [-0.3, -0.25) is 14.4 Å². The molecule has 0 N–H and O–H groups in total. The number of thioether (sulfide) groups is 3. The van der Waals surface area contributed by atoms with Crippen LogP contribution in [0.25, 0.3) is 0 Å². The summed E-state index contributed by atoms with van der Waals surface area (Å²) < 4.78 is 6.33. The summed E-state index contributed by atoms with van der Waals surface area (Å²) in [7, 11) is 0. The van der Waals surface area contributed by atoms with Crippen molar-refractivity contribution in [2.24, 2.45) is 0 Å². The van der Waals surface area contributed by atoms with Gasteiger partial charge in [-0.2, -0.15) is 35.3 Å². The summed E-state index contributed by atoms with van der Waals surface area (Å²) >= 11 is 5.12. The molecule has 0 aromatic heterocycles. The summed E-state index contributed by atoms with van der Waals surface area (Å²) in [5, 5.41) is 0.167. The highest BCUT2D eigenvalue weighted by Crippen LogP contribution is 2.28. The highest BCUT2D eigenvalue weighted by molar-refractivity contribution is 8.01. The Bertz CT molecular complexity index is 497. The number of Topliss-reactive ketones (excluding diaryl/α,β-unsaturated/α-hetero) is 3. The van der Waals surface area contributed by atoms with E-state index in [1.807, 2.05) is 20.8 Å². The zero-order valence-corrected chi connectivity index (χ0v) is 22.4. The Kier molecular flexibility index (Phi) is 16.6. The van der Waals surface area contributed by atoms with Crippen molar-refractivity contribution in [1.29, 1.82) is 0 Å². The first-order valence-corrected chi connectivity index (χ1v) is 14.1. The fourth-order valence-corrected chi connectivity index (χ4v) is 5.34. The van der Waals surface area contributed by atoms with Crippen molar-refractivity contribution in [3.05, 3.63) is 0 Å². The lowest BCUT2D eigenvalue weighted by Gasteiger charge is -2.30. The molecule has 0 rings (SSSR count). The lowest BCUT2D eigenvalue weighted by atomic mass is 9.94. The SMILES string of the molecule is CC(=O)C(C)SCCCOC(C)(CCCSC(C)C(C)=O)CCCSC(C)C(C)=O. The van der Waals surface area contributed by atoms with Crippen molar-refractivity contribution >= 4 is 52.6 Å². The van der Waals surface area contributed by atoms with Crippen LogP contribution in [0.1, 0.15) is 80.6 Å². The molecule has 0 fully saturated rings. The number of hydrogen-bond donors (Lipinski definition) is 0. The van der Waals surface area contributed by atoms with Crippen molar-refractivity contribution in [3.63, 3.8) is 0 Å². The zero-order chi connectivity index (χ0) is 23.2. The van der Waals surface area contributed by atoms with Crippen molar-refractivity contribution in [2.45, 2.75) is 102 Å². The third-order valence-corrected chi connectivity index (χ3v) is 9.33. The van der Waals surface area contributed by atoms with Crippen molar-refractivity contribution in [1.82, 2.24) is 0 Å². The standard InChI is InChI=1S/C23H42O4S3/c1-17(24)20(4)28-14-8-11-23(7,12-9-15-29-21(5)18(2)25)27-13-10-16-30-22(6)19(3)26/h20-22H,8-16H2,1-7H3. The normalized spacial score (nSPS) is 16.5. The Morgan fingerprint density at radius 1 is 0.700 bits per heavy atom. The molecule has 0 aliphatic heterocycles. The molecule has 0 spiro atoms. The predicted octanol–water partition coefficient (Wildman–Crippen LogP) is 5.84. The van der Waals surface area contributed by atoms with Gasteiger partial charge in [-0.25, -0.2) is 0 Å². The van der Waals surface area contributed by atoms with Crippen molar-refractivity contribution < 1.29 is 19.1 Å². The molecule has 0 aromatic carbocycles. The van der Waals surface area contributed by atoms with Crippen molar-refractivity contribution in [2.75, 3.05) is 23.9 Å². The Balaban J connectivity index is 4.45. The van der Waals surface area contributed by atoms with E-state index in [1.165, 1.54) is 0 Å². The molecule has 4 nitrogen and oxygen atoms in total. The molecule has 0 radical (unpaired) electrons. The predicted molar refractivity (Wildman–Crippen MR) is 135 cm³/mol. The van der Waals surface area contributed by atoms with Crippen LogP contribution < -0.4 is 0 Å². The van der Waals surface area contributed by atoms with Gasteiger partial charge < -0.3 is 4.74 Å². The molecule has 30 heavy (non-hydrogen) atoms. The van der Waals surface area contributed by atoms with E-state index in [2.05, 4.69) is 6.92 Å². The molecule has 0 aliphatic carbocycles. The molecular formula is C23H42O4S3. The van der Waals surface area contributed by atoms with Crippen LogP contribution in [0.4, 0.5) is 0 Å². The number of hydrogen-bond acceptors (Lipinski definition) is 7. The Morgan fingerprint density at radius 2 is 1.03 bits per heavy atom. The molecule has 0 amide bonds. The molecule has 176 valence electrons. The van der Waals surface area contributed by atoms with Crippen LogP contribution in [0, 0.1) is 0 Å². The van der Waals surface area contributed by atoms with Crippen molar-refractivity contribution in [3.8, 4) is 0 Å². The van der Waals surface area contributed by atoms with E-state index in [4.69, 9.17) is 4.74 Å². The molecule has 0 bridgehead atoms. The summed E-state index contributed by atoms with van der Waals surface area (Å²) in [6, 6.07) is 0. The summed E-state index contributed by atoms with van der Waals surface area (Å²) in [5.74, 6) is 3.53. The molecular weight excluding hydrogens is 436 g/mol. The largest absolute Gasteiger partial charge is 0.375 e.